The summed E-state index contributed by atoms with van der Waals surface area (Å²) >= 11 is 0. The average Bonchev–Trinajstić information content (AvgIpc) is 2.86. The highest BCUT2D eigenvalue weighted by Crippen LogP contribution is 2.20. The van der Waals surface area contributed by atoms with Crippen molar-refractivity contribution in [3.8, 4) is 0 Å². The third-order valence-corrected chi connectivity index (χ3v) is 6.06. The van der Waals surface area contributed by atoms with Gasteiger partial charge in [0.1, 0.15) is 5.82 Å². The molecule has 0 saturated carbocycles. The number of benzene rings is 1. The number of aromatic nitrogens is 2. The van der Waals surface area contributed by atoms with E-state index in [1.54, 1.807) is 24.3 Å². The highest BCUT2D eigenvalue weighted by Gasteiger charge is 2.25. The molecular formula is C27H38N4O6. The normalized spacial score (nSPS) is 11.7. The number of hydrogen-bond donors (Lipinski definition) is 2. The molecule has 37 heavy (non-hydrogen) atoms. The van der Waals surface area contributed by atoms with Gasteiger partial charge in [-0.3, -0.25) is 28.7 Å². The molecule has 1 heterocycles. The van der Waals surface area contributed by atoms with Crippen molar-refractivity contribution in [1.82, 2.24) is 9.55 Å². The number of unbranched alkanes of at least 4 members (excludes halogenated alkanes) is 3. The molecule has 0 bridgehead atoms. The molecule has 0 saturated heterocycles. The van der Waals surface area contributed by atoms with Crippen LogP contribution in [0.25, 0.3) is 0 Å². The van der Waals surface area contributed by atoms with E-state index in [1.807, 2.05) is 20.8 Å². The Kier molecular flexibility index (Phi) is 11.3. The maximum Gasteiger partial charge on any atom is 0.330 e. The van der Waals surface area contributed by atoms with Crippen molar-refractivity contribution in [2.45, 2.75) is 85.3 Å². The molecule has 2 aromatic rings. The predicted molar refractivity (Wildman–Crippen MR) is 143 cm³/mol. The quantitative estimate of drug-likeness (QED) is 0.223. The number of Topliss-reactive ketones (excluding diaryl/α,β-unsaturated/α-hetero) is 1. The van der Waals surface area contributed by atoms with E-state index in [1.165, 1.54) is 16.4 Å². The molecule has 1 amide bonds. The van der Waals surface area contributed by atoms with Crippen molar-refractivity contribution in [2.24, 2.45) is 0 Å². The van der Waals surface area contributed by atoms with Crippen LogP contribution in [-0.4, -0.2) is 39.9 Å². The molecule has 0 aliphatic rings. The number of aryl methyl sites for hydroxylation is 1. The number of hydrogen-bond acceptors (Lipinski definition) is 7. The third-order valence-electron chi connectivity index (χ3n) is 6.06. The van der Waals surface area contributed by atoms with Crippen molar-refractivity contribution >= 4 is 29.2 Å². The number of amides is 1. The summed E-state index contributed by atoms with van der Waals surface area (Å²) in [5.41, 5.74) is 6.17. The van der Waals surface area contributed by atoms with E-state index in [9.17, 15) is 24.0 Å². The summed E-state index contributed by atoms with van der Waals surface area (Å²) in [6, 6.07) is 6.93. The summed E-state index contributed by atoms with van der Waals surface area (Å²) in [6.45, 7) is 7.88. The minimum absolute atomic E-state index is 0.0769. The fourth-order valence-electron chi connectivity index (χ4n) is 3.86. The van der Waals surface area contributed by atoms with E-state index in [0.717, 1.165) is 24.8 Å². The van der Waals surface area contributed by atoms with Gasteiger partial charge in [0.05, 0.1) is 6.42 Å². The van der Waals surface area contributed by atoms with Crippen LogP contribution in [0.5, 0.6) is 0 Å². The lowest BCUT2D eigenvalue weighted by Crippen LogP contribution is -2.41. The van der Waals surface area contributed by atoms with E-state index >= 15 is 0 Å². The zero-order chi connectivity index (χ0) is 27.5. The van der Waals surface area contributed by atoms with Gasteiger partial charge in [-0.2, -0.15) is 0 Å². The molecule has 0 radical (unpaired) electrons. The molecule has 1 aromatic heterocycles. The monoisotopic (exact) mass is 514 g/mol. The van der Waals surface area contributed by atoms with Crippen LogP contribution in [0.1, 0.15) is 81.6 Å². The minimum Gasteiger partial charge on any atom is -0.454 e. The van der Waals surface area contributed by atoms with E-state index < -0.39 is 29.2 Å². The Morgan fingerprint density at radius 1 is 1.03 bits per heavy atom. The summed E-state index contributed by atoms with van der Waals surface area (Å²) in [5.74, 6) is -1.62. The Morgan fingerprint density at radius 2 is 1.68 bits per heavy atom. The van der Waals surface area contributed by atoms with Gasteiger partial charge in [-0.1, -0.05) is 62.9 Å². The van der Waals surface area contributed by atoms with Gasteiger partial charge in [0, 0.05) is 25.1 Å². The fourth-order valence-corrected chi connectivity index (χ4v) is 3.86. The highest BCUT2D eigenvalue weighted by molar-refractivity contribution is 6.00. The van der Waals surface area contributed by atoms with Crippen molar-refractivity contribution in [2.75, 3.05) is 17.2 Å². The second-order valence-electron chi connectivity index (χ2n) is 9.11. The number of H-pyrrole nitrogens is 1. The molecule has 0 unspecified atom stereocenters. The summed E-state index contributed by atoms with van der Waals surface area (Å²) in [6.07, 6.45) is 2.27. The Morgan fingerprint density at radius 3 is 2.30 bits per heavy atom. The molecule has 0 spiro atoms. The van der Waals surface area contributed by atoms with Crippen LogP contribution >= 0.6 is 0 Å². The van der Waals surface area contributed by atoms with Crippen LogP contribution in [-0.2, 0) is 20.9 Å². The first-order chi connectivity index (χ1) is 17.6. The molecule has 1 atom stereocenters. The lowest BCUT2D eigenvalue weighted by molar-refractivity contribution is -0.147. The van der Waals surface area contributed by atoms with Crippen molar-refractivity contribution in [3.63, 3.8) is 0 Å². The van der Waals surface area contributed by atoms with Gasteiger partial charge in [0.25, 0.3) is 5.56 Å². The van der Waals surface area contributed by atoms with Gasteiger partial charge >= 0.3 is 11.7 Å². The van der Waals surface area contributed by atoms with E-state index in [4.69, 9.17) is 10.5 Å². The number of nitrogens with zero attached hydrogens (tertiary/aromatic N) is 2. The van der Waals surface area contributed by atoms with Gasteiger partial charge in [0.2, 0.25) is 11.7 Å². The maximum atomic E-state index is 13.2. The number of ketones is 1. The second-order valence-corrected chi connectivity index (χ2v) is 9.11. The highest BCUT2D eigenvalue weighted by atomic mass is 16.5. The largest absolute Gasteiger partial charge is 0.454 e. The summed E-state index contributed by atoms with van der Waals surface area (Å²) in [7, 11) is 0. The first-order valence-corrected chi connectivity index (χ1v) is 12.8. The summed E-state index contributed by atoms with van der Waals surface area (Å²) in [5, 5.41) is 0. The van der Waals surface area contributed by atoms with E-state index in [2.05, 4.69) is 4.98 Å². The first kappa shape index (κ1) is 29.5. The molecular weight excluding hydrogens is 476 g/mol. The van der Waals surface area contributed by atoms with Crippen molar-refractivity contribution < 1.29 is 19.1 Å². The lowest BCUT2D eigenvalue weighted by atomic mass is 10.1. The number of esters is 1. The number of aromatic amines is 1. The van der Waals surface area contributed by atoms with Crippen molar-refractivity contribution in [1.29, 1.82) is 0 Å². The molecule has 0 fully saturated rings. The van der Waals surface area contributed by atoms with Crippen LogP contribution in [0, 0.1) is 6.92 Å². The Bertz CT molecular complexity index is 1200. The second kappa shape index (κ2) is 14.2. The fraction of sp³-hybridized carbons (Fsp3) is 0.519. The molecule has 10 heteroatoms. The van der Waals surface area contributed by atoms with E-state index in [0.29, 0.717) is 24.9 Å². The first-order valence-electron chi connectivity index (χ1n) is 12.8. The minimum atomic E-state index is -1.01. The standard InChI is InChI=1S/C27H38N4O6/c1-5-7-9-17-30(23-25(28)31(16-8-6-2)27(36)29-26(23)35)21(32)14-15-22(33)37-19(4)24(34)20-12-10-18(3)11-13-20/h10-13,19H,5-9,14-17,28H2,1-4H3,(H,29,35,36)/t19-/m0/s1. The Labute approximate surface area is 216 Å². The Hall–Kier alpha value is -3.69. The van der Waals surface area contributed by atoms with Crippen molar-refractivity contribution in [3.05, 3.63) is 56.2 Å². The van der Waals surface area contributed by atoms with Crippen LogP contribution in [0.15, 0.2) is 33.9 Å². The topological polar surface area (TPSA) is 145 Å². The summed E-state index contributed by atoms with van der Waals surface area (Å²) < 4.78 is 6.52. The summed E-state index contributed by atoms with van der Waals surface area (Å²) in [4.78, 5) is 66.7. The van der Waals surface area contributed by atoms with Gasteiger partial charge in [-0.05, 0) is 26.7 Å². The molecule has 1 aromatic carbocycles. The number of anilines is 2. The van der Waals surface area contributed by atoms with Gasteiger partial charge in [0.15, 0.2) is 11.8 Å². The third kappa shape index (κ3) is 8.16. The van der Waals surface area contributed by atoms with Crippen LogP contribution in [0.4, 0.5) is 11.5 Å². The number of carbonyl (C=O) groups excluding carboxylic acids is 3. The average molecular weight is 515 g/mol. The molecule has 10 nitrogen and oxygen atoms in total. The number of carbonyl (C=O) groups is 3. The molecule has 0 aliphatic heterocycles. The van der Waals surface area contributed by atoms with Gasteiger partial charge in [-0.25, -0.2) is 4.79 Å². The zero-order valence-electron chi connectivity index (χ0n) is 22.2. The van der Waals surface area contributed by atoms with Gasteiger partial charge < -0.3 is 15.4 Å². The smallest absolute Gasteiger partial charge is 0.330 e. The maximum absolute atomic E-state index is 13.2. The molecule has 2 rings (SSSR count). The van der Waals surface area contributed by atoms with Crippen LogP contribution in [0.3, 0.4) is 0 Å². The van der Waals surface area contributed by atoms with E-state index in [-0.39, 0.29) is 36.7 Å². The number of nitrogens with one attached hydrogen (secondary N) is 1. The zero-order valence-corrected chi connectivity index (χ0v) is 22.2. The number of rotatable bonds is 14. The number of ether oxygens (including phenoxy) is 1. The van der Waals surface area contributed by atoms with Gasteiger partial charge in [-0.15, -0.1) is 0 Å². The molecule has 3 N–H and O–H groups in total. The SMILES string of the molecule is CCCCCN(C(=O)CCC(=O)O[C@@H](C)C(=O)c1ccc(C)cc1)c1c(N)n(CCCC)c(=O)[nH]c1=O. The Balaban J connectivity index is 2.16. The number of nitrogen functional groups attached to an aromatic ring is 1. The number of nitrogens with two attached hydrogens (primary N) is 1. The molecule has 202 valence electrons. The van der Waals surface area contributed by atoms with Crippen LogP contribution < -0.4 is 21.9 Å². The van der Waals surface area contributed by atoms with Crippen LogP contribution in [0.2, 0.25) is 0 Å². The predicted octanol–water partition coefficient (Wildman–Crippen LogP) is 3.35. The molecule has 0 aliphatic carbocycles. The lowest BCUT2D eigenvalue weighted by Gasteiger charge is -2.24.